The minimum Gasteiger partial charge on any atom is -0.484 e. The number of nitrogens with zero attached hydrogens (tertiary/aromatic N) is 7. The molecule has 3 aromatic heterocycles. The van der Waals surface area contributed by atoms with Crippen molar-refractivity contribution in [3.63, 3.8) is 0 Å². The molecule has 15 nitrogen and oxygen atoms in total. The van der Waals surface area contributed by atoms with Gasteiger partial charge in [0, 0.05) is 29.3 Å². The average molecular weight is 747 g/mol. The first-order chi connectivity index (χ1) is 25.1. The van der Waals surface area contributed by atoms with E-state index in [1.54, 1.807) is 12.3 Å². The number of nitrogens with two attached hydrogens (primary N) is 1. The number of hydrogen-bond donors (Lipinski definition) is 3. The highest BCUT2D eigenvalue weighted by molar-refractivity contribution is 7.85. The van der Waals surface area contributed by atoms with E-state index in [0.29, 0.717) is 36.3 Å². The molecular formula is C37H50N10O5S. The molecule has 4 heterocycles. The second kappa shape index (κ2) is 15.6. The summed E-state index contributed by atoms with van der Waals surface area (Å²) < 4.78 is 37.6. The third-order valence-electron chi connectivity index (χ3n) is 9.69. The number of anilines is 1. The van der Waals surface area contributed by atoms with Gasteiger partial charge in [0.15, 0.2) is 5.65 Å². The zero-order valence-corrected chi connectivity index (χ0v) is 32.0. The molecule has 0 spiro atoms. The lowest BCUT2D eigenvalue weighted by Gasteiger charge is -2.39. The number of nitrogens with one attached hydrogen (secondary N) is 2. The Balaban J connectivity index is 1.17. The van der Waals surface area contributed by atoms with E-state index in [9.17, 15) is 13.2 Å². The van der Waals surface area contributed by atoms with Crippen LogP contribution in [0.25, 0.3) is 5.65 Å². The monoisotopic (exact) mass is 746 g/mol. The zero-order chi connectivity index (χ0) is 37.9. The summed E-state index contributed by atoms with van der Waals surface area (Å²) in [5.41, 5.74) is 9.72. The lowest BCUT2D eigenvalue weighted by molar-refractivity contribution is 0.171. The van der Waals surface area contributed by atoms with Gasteiger partial charge in [0.2, 0.25) is 5.95 Å². The number of ether oxygens (including phenoxy) is 1. The van der Waals surface area contributed by atoms with Gasteiger partial charge in [-0.3, -0.25) is 18.6 Å². The summed E-state index contributed by atoms with van der Waals surface area (Å²) in [5, 5.41) is 19.2. The van der Waals surface area contributed by atoms with Gasteiger partial charge in [-0.15, -0.1) is 10.2 Å². The van der Waals surface area contributed by atoms with Crippen molar-refractivity contribution in [1.82, 2.24) is 35.0 Å². The van der Waals surface area contributed by atoms with Crippen LogP contribution in [0.15, 0.2) is 71.8 Å². The van der Waals surface area contributed by atoms with Crippen LogP contribution in [0.2, 0.25) is 0 Å². The van der Waals surface area contributed by atoms with Crippen LogP contribution in [0.4, 0.5) is 16.4 Å². The molecule has 1 aliphatic heterocycles. The molecule has 4 atom stereocenters. The van der Waals surface area contributed by atoms with Crippen LogP contribution < -0.4 is 26.0 Å². The number of fused-ring (bicyclic) bond motifs is 2. The molecule has 0 bridgehead atoms. The fraction of sp³-hybridized carbons (Fsp3) is 0.486. The zero-order valence-electron chi connectivity index (χ0n) is 31.2. The maximum atomic E-state index is 13.6. The Morgan fingerprint density at radius 2 is 1.77 bits per heavy atom. The fourth-order valence-corrected chi connectivity index (χ4v) is 7.21. The molecule has 0 radical (unpaired) electrons. The topological polar surface area (TPSA) is 183 Å². The molecule has 1 fully saturated rings. The van der Waals surface area contributed by atoms with Crippen LogP contribution in [0, 0.1) is 5.41 Å². The predicted molar refractivity (Wildman–Crippen MR) is 204 cm³/mol. The molecule has 284 valence electrons. The van der Waals surface area contributed by atoms with E-state index in [1.807, 2.05) is 67.8 Å². The summed E-state index contributed by atoms with van der Waals surface area (Å²) in [5.74, 6) is 1.78. The normalized spacial score (nSPS) is 21.4. The first-order valence-electron chi connectivity index (χ1n) is 18.0. The summed E-state index contributed by atoms with van der Waals surface area (Å²) >= 11 is 0. The van der Waals surface area contributed by atoms with Crippen LogP contribution in [-0.4, -0.2) is 69.6 Å². The minimum atomic E-state index is -3.57. The van der Waals surface area contributed by atoms with Crippen molar-refractivity contribution in [3.8, 4) is 5.75 Å². The Kier molecular flexibility index (Phi) is 11.1. The van der Waals surface area contributed by atoms with E-state index in [0.717, 1.165) is 47.6 Å². The highest BCUT2D eigenvalue weighted by Crippen LogP contribution is 2.39. The number of piperidine rings is 1. The molecule has 1 aliphatic carbocycles. The van der Waals surface area contributed by atoms with Crippen LogP contribution in [0.3, 0.4) is 0 Å². The number of rotatable bonds is 10. The lowest BCUT2D eigenvalue weighted by Crippen LogP contribution is -2.44. The van der Waals surface area contributed by atoms with Crippen LogP contribution >= 0.6 is 0 Å². The van der Waals surface area contributed by atoms with Gasteiger partial charge in [-0.05, 0) is 69.2 Å². The number of carbonyl (C=O) groups is 1. The molecular weight excluding hydrogens is 697 g/mol. The Morgan fingerprint density at radius 1 is 1.04 bits per heavy atom. The third kappa shape index (κ3) is 9.35. The predicted octanol–water partition coefficient (Wildman–Crippen LogP) is 5.54. The maximum Gasteiger partial charge on any atom is 0.320 e. The van der Waals surface area contributed by atoms with Crippen LogP contribution in [0.5, 0.6) is 5.75 Å². The first kappa shape index (κ1) is 37.8. The van der Waals surface area contributed by atoms with E-state index in [4.69, 9.17) is 14.7 Å². The Bertz CT molecular complexity index is 2090. The second-order valence-corrected chi connectivity index (χ2v) is 16.6. The van der Waals surface area contributed by atoms with Gasteiger partial charge in [-0.2, -0.15) is 13.5 Å². The van der Waals surface area contributed by atoms with Crippen molar-refractivity contribution in [1.29, 1.82) is 0 Å². The fourth-order valence-electron chi connectivity index (χ4n) is 6.83. The van der Waals surface area contributed by atoms with E-state index in [2.05, 4.69) is 49.7 Å². The minimum absolute atomic E-state index is 0.0709. The summed E-state index contributed by atoms with van der Waals surface area (Å²) in [6.45, 7) is 10.5. The van der Waals surface area contributed by atoms with Gasteiger partial charge in [0.25, 0.3) is 10.1 Å². The highest BCUT2D eigenvalue weighted by Gasteiger charge is 2.31. The smallest absolute Gasteiger partial charge is 0.320 e. The molecule has 2 amide bonds. The second-order valence-electron chi connectivity index (χ2n) is 14.9. The van der Waals surface area contributed by atoms with Gasteiger partial charge in [0.1, 0.15) is 23.4 Å². The van der Waals surface area contributed by atoms with E-state index in [1.165, 1.54) is 17.3 Å². The Morgan fingerprint density at radius 3 is 2.49 bits per heavy atom. The highest BCUT2D eigenvalue weighted by atomic mass is 32.2. The number of aromatic nitrogens is 5. The molecule has 53 heavy (non-hydrogen) atoms. The number of benzene rings is 1. The Hall–Kier alpha value is -4.96. The quantitative estimate of drug-likeness (QED) is 0.106. The van der Waals surface area contributed by atoms with Crippen molar-refractivity contribution >= 4 is 39.3 Å². The number of hydrogen-bond acceptors (Lipinski definition) is 11. The number of amidine groups is 1. The van der Waals surface area contributed by atoms with Gasteiger partial charge in [0.05, 0.1) is 44.0 Å². The van der Waals surface area contributed by atoms with E-state index < -0.39 is 16.1 Å². The van der Waals surface area contributed by atoms with Gasteiger partial charge in [-0.1, -0.05) is 45.0 Å². The summed E-state index contributed by atoms with van der Waals surface area (Å²) in [6.07, 6.45) is 12.3. The van der Waals surface area contributed by atoms with E-state index >= 15 is 0 Å². The molecule has 2 aliphatic rings. The van der Waals surface area contributed by atoms with Crippen molar-refractivity contribution in [2.45, 2.75) is 97.5 Å². The number of amides is 2. The van der Waals surface area contributed by atoms with E-state index in [-0.39, 0.29) is 36.5 Å². The van der Waals surface area contributed by atoms with Crippen molar-refractivity contribution < 1.29 is 22.1 Å². The van der Waals surface area contributed by atoms with Crippen molar-refractivity contribution in [3.05, 3.63) is 77.9 Å². The molecule has 6 rings (SSSR count). The van der Waals surface area contributed by atoms with Gasteiger partial charge < -0.3 is 20.7 Å². The molecule has 1 saturated heterocycles. The molecule has 0 unspecified atom stereocenters. The Labute approximate surface area is 310 Å². The lowest BCUT2D eigenvalue weighted by atomic mass is 9.85. The van der Waals surface area contributed by atoms with Gasteiger partial charge in [-0.25, -0.2) is 9.79 Å². The average Bonchev–Trinajstić information content (AvgIpc) is 3.71. The summed E-state index contributed by atoms with van der Waals surface area (Å²) in [6, 6.07) is 11.9. The number of pyridine rings is 1. The summed E-state index contributed by atoms with van der Waals surface area (Å²) in [7, 11) is -3.57. The van der Waals surface area contributed by atoms with Gasteiger partial charge >= 0.3 is 6.03 Å². The van der Waals surface area contributed by atoms with Crippen molar-refractivity contribution in [2.24, 2.45) is 16.1 Å². The number of carbonyl (C=O) groups excluding carboxylic acids is 1. The largest absolute Gasteiger partial charge is 0.484 e. The SMILES string of the molecule is C[C@@H]1CCC[C@H](C)N1c1nnc2ccc(O[C@@H]3CC[C@H](NC(=O)NC(/C=C(\N)C(C)(C)C)=Nc4cnn(CCOS(C)(=O)=O)c4)c4ccccc43)cn12. The first-order valence-corrected chi connectivity index (χ1v) is 19.9. The molecule has 4 N–H and O–H groups in total. The number of aliphatic imine (C=N–C) groups is 1. The third-order valence-corrected chi connectivity index (χ3v) is 10.3. The number of urea groups is 1. The molecule has 4 aromatic rings. The maximum absolute atomic E-state index is 13.6. The molecule has 1 aromatic carbocycles. The number of allylic oxidation sites excluding steroid dienone is 1. The summed E-state index contributed by atoms with van der Waals surface area (Å²) in [4.78, 5) is 20.5. The van der Waals surface area contributed by atoms with Crippen molar-refractivity contribution in [2.75, 3.05) is 17.8 Å². The van der Waals surface area contributed by atoms with Crippen LogP contribution in [-0.2, 0) is 20.8 Å². The van der Waals surface area contributed by atoms with Crippen LogP contribution in [0.1, 0.15) is 90.0 Å². The molecule has 0 saturated carbocycles. The standard InChI is InChI=1S/C37H50N10O5S/c1-24-10-9-11-25(2)47(24)36-44-43-34-17-14-27(23-46(34)36)52-31-16-15-30(28-12-7-8-13-29(28)31)41-35(48)42-33(20-32(38)37(3,4)5)40-26-21-39-45(22-26)18-19-51-53(6,49)50/h7-8,12-14,17,20-25,30-31H,9-11,15-16,18-19,38H2,1-6H3,(H2,40,41,42,48)/b32-20-/t24-,25+,30-,31+/m0/s1. The molecule has 16 heteroatoms.